The molecule has 0 saturated carbocycles. The minimum Gasteiger partial charge on any atom is -0.488 e. The number of rotatable bonds is 7. The first-order valence-corrected chi connectivity index (χ1v) is 7.48. The minimum absolute atomic E-state index is 0.207. The lowest BCUT2D eigenvalue weighted by atomic mass is 10.3. The van der Waals surface area contributed by atoms with Crippen LogP contribution >= 0.6 is 0 Å². The van der Waals surface area contributed by atoms with Gasteiger partial charge in [0.25, 0.3) is 0 Å². The number of nitrogens with zero attached hydrogens (tertiary/aromatic N) is 1. The molecule has 20 heavy (non-hydrogen) atoms. The zero-order valence-corrected chi connectivity index (χ0v) is 12.5. The average molecular weight is 279 g/mol. The van der Waals surface area contributed by atoms with Gasteiger partial charge in [0.05, 0.1) is 19.3 Å². The second-order valence-corrected chi connectivity index (χ2v) is 5.09. The Labute approximate surface area is 121 Å². The summed E-state index contributed by atoms with van der Waals surface area (Å²) in [5, 5.41) is 0. The average Bonchev–Trinajstić information content (AvgIpc) is 2.50. The zero-order valence-electron chi connectivity index (χ0n) is 12.5. The van der Waals surface area contributed by atoms with Gasteiger partial charge in [0, 0.05) is 19.6 Å². The van der Waals surface area contributed by atoms with E-state index in [9.17, 15) is 0 Å². The van der Waals surface area contributed by atoms with Gasteiger partial charge in [0.1, 0.15) is 6.61 Å². The Morgan fingerprint density at radius 1 is 1.20 bits per heavy atom. The highest BCUT2D eigenvalue weighted by Gasteiger charge is 2.11. The summed E-state index contributed by atoms with van der Waals surface area (Å²) in [5.74, 6) is 1.67. The SMILES string of the molecule is CC[C@@H](C)Oc1ccccc1OCCN1CCOCC1. The van der Waals surface area contributed by atoms with Crippen LogP contribution in [-0.2, 0) is 4.74 Å². The van der Waals surface area contributed by atoms with Crippen molar-refractivity contribution in [3.63, 3.8) is 0 Å². The lowest BCUT2D eigenvalue weighted by molar-refractivity contribution is 0.0320. The third-order valence-corrected chi connectivity index (χ3v) is 3.52. The maximum absolute atomic E-state index is 5.88. The first-order valence-electron chi connectivity index (χ1n) is 7.48. The van der Waals surface area contributed by atoms with Crippen molar-refractivity contribution in [2.45, 2.75) is 26.4 Å². The molecule has 1 aromatic rings. The van der Waals surface area contributed by atoms with Gasteiger partial charge in [0.15, 0.2) is 11.5 Å². The molecule has 1 saturated heterocycles. The Hall–Kier alpha value is -1.26. The van der Waals surface area contributed by atoms with Gasteiger partial charge in [-0.3, -0.25) is 4.90 Å². The molecule has 1 heterocycles. The van der Waals surface area contributed by atoms with Gasteiger partial charge in [-0.15, -0.1) is 0 Å². The molecule has 0 N–H and O–H groups in total. The molecule has 0 bridgehead atoms. The summed E-state index contributed by atoms with van der Waals surface area (Å²) in [6.45, 7) is 9.45. The molecule has 4 heteroatoms. The van der Waals surface area contributed by atoms with Crippen molar-refractivity contribution in [2.75, 3.05) is 39.5 Å². The second kappa shape index (κ2) is 8.12. The molecule has 0 aromatic heterocycles. The predicted molar refractivity (Wildman–Crippen MR) is 79.6 cm³/mol. The van der Waals surface area contributed by atoms with Crippen molar-refractivity contribution in [1.29, 1.82) is 0 Å². The molecule has 1 aromatic carbocycles. The highest BCUT2D eigenvalue weighted by Crippen LogP contribution is 2.27. The number of benzene rings is 1. The van der Waals surface area contributed by atoms with Crippen LogP contribution in [0.1, 0.15) is 20.3 Å². The fourth-order valence-electron chi connectivity index (χ4n) is 2.08. The van der Waals surface area contributed by atoms with Gasteiger partial charge < -0.3 is 14.2 Å². The van der Waals surface area contributed by atoms with Crippen LogP contribution in [0.4, 0.5) is 0 Å². The van der Waals surface area contributed by atoms with Crippen molar-refractivity contribution in [3.8, 4) is 11.5 Å². The summed E-state index contributed by atoms with van der Waals surface area (Å²) in [4.78, 5) is 2.36. The lowest BCUT2D eigenvalue weighted by Gasteiger charge is -2.26. The summed E-state index contributed by atoms with van der Waals surface area (Å²) < 4.78 is 17.1. The van der Waals surface area contributed by atoms with E-state index in [1.807, 2.05) is 24.3 Å². The molecule has 1 atom stereocenters. The third kappa shape index (κ3) is 4.69. The quantitative estimate of drug-likeness (QED) is 0.767. The first kappa shape index (κ1) is 15.1. The van der Waals surface area contributed by atoms with Crippen molar-refractivity contribution in [3.05, 3.63) is 24.3 Å². The van der Waals surface area contributed by atoms with Gasteiger partial charge >= 0.3 is 0 Å². The largest absolute Gasteiger partial charge is 0.488 e. The van der Waals surface area contributed by atoms with E-state index < -0.39 is 0 Å². The summed E-state index contributed by atoms with van der Waals surface area (Å²) in [6, 6.07) is 7.90. The Bertz CT molecular complexity index is 391. The van der Waals surface area contributed by atoms with Crippen LogP contribution in [0, 0.1) is 0 Å². The van der Waals surface area contributed by atoms with E-state index in [4.69, 9.17) is 14.2 Å². The van der Waals surface area contributed by atoms with Gasteiger partial charge in [-0.25, -0.2) is 0 Å². The molecule has 1 aliphatic rings. The van der Waals surface area contributed by atoms with Crippen molar-refractivity contribution < 1.29 is 14.2 Å². The third-order valence-electron chi connectivity index (χ3n) is 3.52. The monoisotopic (exact) mass is 279 g/mol. The molecule has 1 fully saturated rings. The van der Waals surface area contributed by atoms with Crippen LogP contribution < -0.4 is 9.47 Å². The van der Waals surface area contributed by atoms with E-state index in [1.54, 1.807) is 0 Å². The maximum Gasteiger partial charge on any atom is 0.161 e. The Morgan fingerprint density at radius 3 is 2.60 bits per heavy atom. The van der Waals surface area contributed by atoms with E-state index in [0.717, 1.165) is 50.8 Å². The van der Waals surface area contributed by atoms with Crippen molar-refractivity contribution >= 4 is 0 Å². The number of para-hydroxylation sites is 2. The zero-order chi connectivity index (χ0) is 14.2. The second-order valence-electron chi connectivity index (χ2n) is 5.09. The Kier molecular flexibility index (Phi) is 6.15. The predicted octanol–water partition coefficient (Wildman–Crippen LogP) is 2.57. The molecule has 0 amide bonds. The molecular weight excluding hydrogens is 254 g/mol. The molecule has 0 unspecified atom stereocenters. The smallest absolute Gasteiger partial charge is 0.161 e. The number of hydrogen-bond acceptors (Lipinski definition) is 4. The first-order chi connectivity index (χ1) is 9.79. The summed E-state index contributed by atoms with van der Waals surface area (Å²) in [7, 11) is 0. The fraction of sp³-hybridized carbons (Fsp3) is 0.625. The van der Waals surface area contributed by atoms with Crippen LogP contribution in [0.5, 0.6) is 11.5 Å². The van der Waals surface area contributed by atoms with Crippen molar-refractivity contribution in [2.24, 2.45) is 0 Å². The van der Waals surface area contributed by atoms with Crippen LogP contribution in [0.15, 0.2) is 24.3 Å². The fourth-order valence-corrected chi connectivity index (χ4v) is 2.08. The Morgan fingerprint density at radius 2 is 1.90 bits per heavy atom. The molecule has 0 radical (unpaired) electrons. The van der Waals surface area contributed by atoms with Crippen LogP contribution in [0.2, 0.25) is 0 Å². The highest BCUT2D eigenvalue weighted by atomic mass is 16.5. The van der Waals surface area contributed by atoms with E-state index in [-0.39, 0.29) is 6.10 Å². The number of hydrogen-bond donors (Lipinski definition) is 0. The van der Waals surface area contributed by atoms with Crippen molar-refractivity contribution in [1.82, 2.24) is 4.90 Å². The van der Waals surface area contributed by atoms with Gasteiger partial charge in [0.2, 0.25) is 0 Å². The molecule has 0 spiro atoms. The topological polar surface area (TPSA) is 30.9 Å². The molecule has 4 nitrogen and oxygen atoms in total. The van der Waals surface area contributed by atoms with E-state index in [0.29, 0.717) is 6.61 Å². The molecule has 1 aliphatic heterocycles. The van der Waals surface area contributed by atoms with Crippen LogP contribution in [0.25, 0.3) is 0 Å². The maximum atomic E-state index is 5.88. The Balaban J connectivity index is 1.82. The summed E-state index contributed by atoms with van der Waals surface area (Å²) in [6.07, 6.45) is 1.20. The van der Waals surface area contributed by atoms with E-state index in [1.165, 1.54) is 0 Å². The van der Waals surface area contributed by atoms with Crippen LogP contribution in [-0.4, -0.2) is 50.5 Å². The van der Waals surface area contributed by atoms with Gasteiger partial charge in [-0.2, -0.15) is 0 Å². The highest BCUT2D eigenvalue weighted by molar-refractivity contribution is 5.39. The lowest BCUT2D eigenvalue weighted by Crippen LogP contribution is -2.38. The molecule has 112 valence electrons. The minimum atomic E-state index is 0.207. The normalized spacial score (nSPS) is 17.7. The number of morpholine rings is 1. The van der Waals surface area contributed by atoms with Gasteiger partial charge in [-0.1, -0.05) is 19.1 Å². The number of ether oxygens (including phenoxy) is 3. The summed E-state index contributed by atoms with van der Waals surface area (Å²) >= 11 is 0. The van der Waals surface area contributed by atoms with Crippen LogP contribution in [0.3, 0.4) is 0 Å². The van der Waals surface area contributed by atoms with E-state index >= 15 is 0 Å². The molecule has 0 aliphatic carbocycles. The van der Waals surface area contributed by atoms with E-state index in [2.05, 4.69) is 18.7 Å². The van der Waals surface area contributed by atoms with Gasteiger partial charge in [-0.05, 0) is 25.5 Å². The molecule has 2 rings (SSSR count). The molecular formula is C16H25NO3. The standard InChI is InChI=1S/C16H25NO3/c1-3-14(2)20-16-7-5-4-6-15(16)19-13-10-17-8-11-18-12-9-17/h4-7,14H,3,8-13H2,1-2H3/t14-/m1/s1. The summed E-state index contributed by atoms with van der Waals surface area (Å²) in [5.41, 5.74) is 0.